The van der Waals surface area contributed by atoms with Crippen molar-refractivity contribution >= 4 is 28.3 Å². The average Bonchev–Trinajstić information content (AvgIpc) is 2.60. The second-order valence-corrected chi connectivity index (χ2v) is 6.04. The van der Waals surface area contributed by atoms with Crippen LogP contribution >= 0.6 is 11.6 Å². The first-order valence-corrected chi connectivity index (χ1v) is 8.19. The van der Waals surface area contributed by atoms with Gasteiger partial charge in [-0.15, -0.1) is 0 Å². The third-order valence-electron chi connectivity index (χ3n) is 3.98. The maximum Gasteiger partial charge on any atom is 0.308 e. The minimum Gasteiger partial charge on any atom is -0.504 e. The first kappa shape index (κ1) is 17.9. The quantitative estimate of drug-likeness (QED) is 0.413. The Morgan fingerprint density at radius 1 is 0.885 bits per heavy atom. The van der Waals surface area contributed by atoms with Crippen molar-refractivity contribution in [3.05, 3.63) is 47.5 Å². The Hall–Kier alpha value is -2.92. The van der Waals surface area contributed by atoms with Gasteiger partial charge in [-0.1, -0.05) is 35.9 Å². The molecule has 1 N–H and O–H groups in total. The van der Waals surface area contributed by atoms with Gasteiger partial charge in [0.15, 0.2) is 11.5 Å². The standard InChI is InChI=1S/C14H13ClO5.C6H4/c1-7(16)20-12-10-6-8(15)4-5-9(10)11(17)13(18-2)14(12)19-3;1-2-6-4-3-5(1)6/h4-6,17H,1-3H3;1-4H. The molecule has 0 bridgehead atoms. The zero-order valence-electron chi connectivity index (χ0n) is 14.5. The maximum atomic E-state index is 11.3. The minimum atomic E-state index is -0.516. The summed E-state index contributed by atoms with van der Waals surface area (Å²) in [6, 6.07) is 13.3. The number of fused-ring (bicyclic) bond motifs is 2. The summed E-state index contributed by atoms with van der Waals surface area (Å²) in [6.07, 6.45) is 0. The first-order valence-electron chi connectivity index (χ1n) is 7.81. The van der Waals surface area contributed by atoms with Gasteiger partial charge >= 0.3 is 5.97 Å². The summed E-state index contributed by atoms with van der Waals surface area (Å²) in [4.78, 5) is 11.3. The summed E-state index contributed by atoms with van der Waals surface area (Å²) >= 11 is 5.95. The van der Waals surface area contributed by atoms with Crippen LogP contribution in [0.5, 0.6) is 23.0 Å². The second-order valence-electron chi connectivity index (χ2n) is 5.61. The van der Waals surface area contributed by atoms with E-state index in [1.165, 1.54) is 32.3 Å². The number of hydrogen-bond donors (Lipinski definition) is 1. The van der Waals surface area contributed by atoms with E-state index >= 15 is 0 Å². The summed E-state index contributed by atoms with van der Waals surface area (Å²) in [5, 5.41) is 11.6. The minimum absolute atomic E-state index is 0.0959. The maximum absolute atomic E-state index is 11.3. The Bertz CT molecular complexity index is 959. The van der Waals surface area contributed by atoms with Crippen LogP contribution in [-0.2, 0) is 4.79 Å². The number of aromatic hydroxyl groups is 1. The van der Waals surface area contributed by atoms with Gasteiger partial charge in [0.2, 0.25) is 11.5 Å². The number of carbonyl (C=O) groups excluding carboxylic acids is 1. The number of ether oxygens (including phenoxy) is 3. The van der Waals surface area contributed by atoms with Gasteiger partial charge in [0.1, 0.15) is 0 Å². The third-order valence-corrected chi connectivity index (χ3v) is 4.22. The largest absolute Gasteiger partial charge is 0.504 e. The molecule has 0 amide bonds. The van der Waals surface area contributed by atoms with Crippen LogP contribution in [0.4, 0.5) is 0 Å². The Morgan fingerprint density at radius 3 is 1.88 bits per heavy atom. The fourth-order valence-corrected chi connectivity index (χ4v) is 2.82. The number of methoxy groups -OCH3 is 2. The molecule has 6 heteroatoms. The summed E-state index contributed by atoms with van der Waals surface area (Å²) < 4.78 is 15.5. The van der Waals surface area contributed by atoms with Gasteiger partial charge in [-0.25, -0.2) is 0 Å². The number of phenols is 1. The normalized spacial score (nSPS) is 10.6. The molecule has 0 unspecified atom stereocenters. The number of esters is 1. The molecule has 0 heterocycles. The van der Waals surface area contributed by atoms with Crippen molar-refractivity contribution in [2.24, 2.45) is 0 Å². The smallest absolute Gasteiger partial charge is 0.308 e. The summed E-state index contributed by atoms with van der Waals surface area (Å²) in [5.74, 6) is -0.232. The van der Waals surface area contributed by atoms with E-state index in [0.29, 0.717) is 15.8 Å². The molecular weight excluding hydrogens is 356 g/mol. The first-order chi connectivity index (χ1) is 12.5. The summed E-state index contributed by atoms with van der Waals surface area (Å²) in [6.45, 7) is 1.27. The van der Waals surface area contributed by atoms with Gasteiger partial charge in [-0.2, -0.15) is 0 Å². The van der Waals surface area contributed by atoms with Crippen LogP contribution in [-0.4, -0.2) is 25.3 Å². The zero-order valence-corrected chi connectivity index (χ0v) is 15.3. The van der Waals surface area contributed by atoms with Crippen molar-refractivity contribution in [2.75, 3.05) is 14.2 Å². The summed E-state index contributed by atoms with van der Waals surface area (Å²) in [5.41, 5.74) is 2.85. The van der Waals surface area contributed by atoms with Crippen LogP contribution in [0.3, 0.4) is 0 Å². The molecule has 0 fully saturated rings. The predicted molar refractivity (Wildman–Crippen MR) is 100 cm³/mol. The van der Waals surface area contributed by atoms with E-state index in [1.54, 1.807) is 18.2 Å². The number of benzene rings is 3. The highest BCUT2D eigenvalue weighted by atomic mass is 35.5. The molecule has 2 aromatic rings. The second kappa shape index (κ2) is 7.14. The van der Waals surface area contributed by atoms with E-state index in [1.807, 2.05) is 0 Å². The number of carbonyl (C=O) groups is 1. The highest BCUT2D eigenvalue weighted by Crippen LogP contribution is 2.50. The van der Waals surface area contributed by atoms with E-state index in [-0.39, 0.29) is 23.0 Å². The molecule has 2 aliphatic carbocycles. The SMILES string of the molecule is COc1c(OC)c(OC(C)=O)c2cc(Cl)ccc2c1O.c1cc2ccc1-2. The average molecular weight is 373 g/mol. The molecule has 0 saturated carbocycles. The highest BCUT2D eigenvalue weighted by Gasteiger charge is 2.23. The van der Waals surface area contributed by atoms with Gasteiger partial charge in [-0.05, 0) is 29.3 Å². The lowest BCUT2D eigenvalue weighted by Crippen LogP contribution is -2.05. The molecule has 0 saturated heterocycles. The van der Waals surface area contributed by atoms with E-state index < -0.39 is 5.97 Å². The van der Waals surface area contributed by atoms with Crippen LogP contribution in [0.1, 0.15) is 6.92 Å². The van der Waals surface area contributed by atoms with E-state index in [2.05, 4.69) is 24.3 Å². The topological polar surface area (TPSA) is 65.0 Å². The van der Waals surface area contributed by atoms with Gasteiger partial charge in [-0.3, -0.25) is 4.79 Å². The number of phenolic OH excluding ortho intramolecular Hbond substituents is 1. The van der Waals surface area contributed by atoms with Gasteiger partial charge in [0.25, 0.3) is 0 Å². The molecule has 4 rings (SSSR count). The van der Waals surface area contributed by atoms with E-state index in [0.717, 1.165) is 0 Å². The Morgan fingerprint density at radius 2 is 1.46 bits per heavy atom. The van der Waals surface area contributed by atoms with Crippen molar-refractivity contribution in [1.29, 1.82) is 0 Å². The van der Waals surface area contributed by atoms with Crippen molar-refractivity contribution in [2.45, 2.75) is 6.92 Å². The molecule has 0 radical (unpaired) electrons. The fourth-order valence-electron chi connectivity index (χ4n) is 2.65. The predicted octanol–water partition coefficient (Wildman–Crippen LogP) is 4.81. The highest BCUT2D eigenvalue weighted by molar-refractivity contribution is 6.31. The van der Waals surface area contributed by atoms with Gasteiger partial charge in [0, 0.05) is 22.7 Å². The van der Waals surface area contributed by atoms with Crippen LogP contribution in [0.2, 0.25) is 5.02 Å². The molecule has 0 spiro atoms. The molecule has 0 atom stereocenters. The van der Waals surface area contributed by atoms with E-state index in [4.69, 9.17) is 25.8 Å². The van der Waals surface area contributed by atoms with Crippen LogP contribution in [0, 0.1) is 0 Å². The van der Waals surface area contributed by atoms with Crippen LogP contribution < -0.4 is 14.2 Å². The third kappa shape index (κ3) is 3.13. The number of halogens is 1. The van der Waals surface area contributed by atoms with Crippen LogP contribution in [0.25, 0.3) is 21.9 Å². The Labute approximate surface area is 155 Å². The molecule has 26 heavy (non-hydrogen) atoms. The van der Waals surface area contributed by atoms with Crippen molar-refractivity contribution < 1.29 is 24.1 Å². The Balaban J connectivity index is 0.000000269. The van der Waals surface area contributed by atoms with Crippen molar-refractivity contribution in [3.8, 4) is 34.1 Å². The number of hydrogen-bond acceptors (Lipinski definition) is 5. The monoisotopic (exact) mass is 372 g/mol. The molecular formula is C20H17ClO5. The lowest BCUT2D eigenvalue weighted by molar-refractivity contribution is -0.131. The molecule has 2 aliphatic rings. The molecule has 5 nitrogen and oxygen atoms in total. The van der Waals surface area contributed by atoms with Crippen molar-refractivity contribution in [3.63, 3.8) is 0 Å². The summed E-state index contributed by atoms with van der Waals surface area (Å²) in [7, 11) is 2.78. The Kier molecular flexibility index (Phi) is 4.91. The molecule has 0 aliphatic heterocycles. The fraction of sp³-hybridized carbons (Fsp3) is 0.150. The van der Waals surface area contributed by atoms with Gasteiger partial charge < -0.3 is 19.3 Å². The van der Waals surface area contributed by atoms with Gasteiger partial charge in [0.05, 0.1) is 14.2 Å². The molecule has 2 aromatic carbocycles. The van der Waals surface area contributed by atoms with E-state index in [9.17, 15) is 9.90 Å². The van der Waals surface area contributed by atoms with Crippen LogP contribution in [0.15, 0.2) is 42.5 Å². The van der Waals surface area contributed by atoms with Crippen molar-refractivity contribution in [1.82, 2.24) is 0 Å². The molecule has 134 valence electrons. The lowest BCUT2D eigenvalue weighted by Gasteiger charge is -2.16. The zero-order chi connectivity index (χ0) is 18.8. The lowest BCUT2D eigenvalue weighted by atomic mass is 9.95. The molecule has 0 aromatic heterocycles. The number of rotatable bonds is 3.